The van der Waals surface area contributed by atoms with Crippen LogP contribution >= 0.6 is 0 Å². The van der Waals surface area contributed by atoms with Crippen molar-refractivity contribution < 1.29 is 9.53 Å². The smallest absolute Gasteiger partial charge is 0.222 e. The molecule has 1 aromatic carbocycles. The molecular formula is C11H16N2O2. The van der Waals surface area contributed by atoms with Crippen molar-refractivity contribution in [3.63, 3.8) is 0 Å². The van der Waals surface area contributed by atoms with Gasteiger partial charge >= 0.3 is 0 Å². The number of carbonyl (C=O) groups is 1. The van der Waals surface area contributed by atoms with Crippen LogP contribution in [0, 0.1) is 5.92 Å². The van der Waals surface area contributed by atoms with Gasteiger partial charge in [0.15, 0.2) is 0 Å². The molecule has 1 rings (SSSR count). The number of nitrogens with two attached hydrogens (primary N) is 1. The van der Waals surface area contributed by atoms with Crippen molar-refractivity contribution in [3.8, 4) is 5.75 Å². The lowest BCUT2D eigenvalue weighted by atomic mass is 10.1. The molecule has 0 spiro atoms. The predicted molar refractivity (Wildman–Crippen MR) is 59.8 cm³/mol. The number of para-hydroxylation sites is 2. The molecule has 0 aliphatic rings. The molecule has 82 valence electrons. The molecule has 3 N–H and O–H groups in total. The number of methoxy groups -OCH3 is 1. The van der Waals surface area contributed by atoms with Gasteiger partial charge in [-0.15, -0.1) is 0 Å². The second-order valence-corrected chi connectivity index (χ2v) is 3.38. The van der Waals surface area contributed by atoms with Crippen LogP contribution in [0.25, 0.3) is 0 Å². The van der Waals surface area contributed by atoms with Crippen LogP contribution in [0.3, 0.4) is 0 Å². The minimum atomic E-state index is -0.308. The van der Waals surface area contributed by atoms with Gasteiger partial charge in [0.05, 0.1) is 18.7 Å². The molecule has 1 aromatic rings. The minimum absolute atomic E-state index is 0.199. The lowest BCUT2D eigenvalue weighted by Crippen LogP contribution is -2.26. The summed E-state index contributed by atoms with van der Waals surface area (Å²) in [5.74, 6) is 0.251. The van der Waals surface area contributed by atoms with E-state index >= 15 is 0 Å². The van der Waals surface area contributed by atoms with Crippen molar-refractivity contribution in [1.82, 2.24) is 0 Å². The van der Waals surface area contributed by atoms with Gasteiger partial charge in [-0.1, -0.05) is 19.1 Å². The summed E-state index contributed by atoms with van der Waals surface area (Å²) in [4.78, 5) is 10.8. The number of nitrogens with one attached hydrogen (secondary N) is 1. The molecule has 0 fully saturated rings. The van der Waals surface area contributed by atoms with Crippen molar-refractivity contribution in [1.29, 1.82) is 0 Å². The fourth-order valence-electron chi connectivity index (χ4n) is 1.15. The van der Waals surface area contributed by atoms with Gasteiger partial charge in [-0.05, 0) is 12.1 Å². The maximum absolute atomic E-state index is 10.8. The molecule has 4 nitrogen and oxygen atoms in total. The van der Waals surface area contributed by atoms with E-state index in [1.807, 2.05) is 24.3 Å². The summed E-state index contributed by atoms with van der Waals surface area (Å²) in [6.45, 7) is 2.29. The molecule has 0 heterocycles. The molecule has 0 saturated heterocycles. The van der Waals surface area contributed by atoms with Gasteiger partial charge in [-0.2, -0.15) is 0 Å². The Kier molecular flexibility index (Phi) is 3.97. The molecule has 0 bridgehead atoms. The Labute approximate surface area is 89.4 Å². The number of hydrogen-bond donors (Lipinski definition) is 2. The average Bonchev–Trinajstić information content (AvgIpc) is 2.26. The predicted octanol–water partition coefficient (Wildman–Crippen LogP) is 1.23. The van der Waals surface area contributed by atoms with E-state index in [1.54, 1.807) is 14.0 Å². The number of ether oxygens (including phenoxy) is 1. The third kappa shape index (κ3) is 3.16. The topological polar surface area (TPSA) is 64.3 Å². The SMILES string of the molecule is COc1ccccc1NCC(C)C(N)=O. The molecule has 4 heteroatoms. The third-order valence-electron chi connectivity index (χ3n) is 2.19. The first-order valence-electron chi connectivity index (χ1n) is 4.81. The fraction of sp³-hybridized carbons (Fsp3) is 0.364. The number of anilines is 1. The number of carbonyl (C=O) groups excluding carboxylic acids is 1. The Morgan fingerprint density at radius 1 is 1.53 bits per heavy atom. The van der Waals surface area contributed by atoms with Gasteiger partial charge < -0.3 is 15.8 Å². The minimum Gasteiger partial charge on any atom is -0.495 e. The summed E-state index contributed by atoms with van der Waals surface area (Å²) in [6.07, 6.45) is 0. The normalized spacial score (nSPS) is 11.9. The standard InChI is InChI=1S/C11H16N2O2/c1-8(11(12)14)7-13-9-5-3-4-6-10(9)15-2/h3-6,8,13H,7H2,1-2H3,(H2,12,14). The zero-order chi connectivity index (χ0) is 11.3. The maximum atomic E-state index is 10.8. The molecule has 15 heavy (non-hydrogen) atoms. The van der Waals surface area contributed by atoms with E-state index in [4.69, 9.17) is 10.5 Å². The van der Waals surface area contributed by atoms with Crippen LogP contribution in [0.4, 0.5) is 5.69 Å². The number of benzene rings is 1. The van der Waals surface area contributed by atoms with Gasteiger partial charge in [0.2, 0.25) is 5.91 Å². The molecule has 0 radical (unpaired) electrons. The molecule has 0 aliphatic heterocycles. The first-order valence-corrected chi connectivity index (χ1v) is 4.81. The summed E-state index contributed by atoms with van der Waals surface area (Å²) in [5.41, 5.74) is 6.03. The van der Waals surface area contributed by atoms with Crippen molar-refractivity contribution in [2.24, 2.45) is 11.7 Å². The quantitative estimate of drug-likeness (QED) is 0.765. The zero-order valence-electron chi connectivity index (χ0n) is 8.99. The van der Waals surface area contributed by atoms with E-state index in [2.05, 4.69) is 5.32 Å². The summed E-state index contributed by atoms with van der Waals surface area (Å²) < 4.78 is 5.16. The highest BCUT2D eigenvalue weighted by Gasteiger charge is 2.09. The van der Waals surface area contributed by atoms with Crippen LogP contribution in [0.2, 0.25) is 0 Å². The third-order valence-corrected chi connectivity index (χ3v) is 2.19. The fourth-order valence-corrected chi connectivity index (χ4v) is 1.15. The summed E-state index contributed by atoms with van der Waals surface area (Å²) >= 11 is 0. The lowest BCUT2D eigenvalue weighted by Gasteiger charge is -2.13. The molecule has 1 amide bonds. The molecule has 0 aromatic heterocycles. The Balaban J connectivity index is 2.60. The number of primary amides is 1. The van der Waals surface area contributed by atoms with Crippen LogP contribution in [0.1, 0.15) is 6.92 Å². The molecule has 1 unspecified atom stereocenters. The van der Waals surface area contributed by atoms with Crippen LogP contribution in [0.15, 0.2) is 24.3 Å². The van der Waals surface area contributed by atoms with Crippen LogP contribution in [-0.4, -0.2) is 19.6 Å². The van der Waals surface area contributed by atoms with E-state index < -0.39 is 0 Å². The van der Waals surface area contributed by atoms with E-state index in [9.17, 15) is 4.79 Å². The largest absolute Gasteiger partial charge is 0.495 e. The van der Waals surface area contributed by atoms with E-state index in [0.717, 1.165) is 11.4 Å². The van der Waals surface area contributed by atoms with E-state index in [-0.39, 0.29) is 11.8 Å². The van der Waals surface area contributed by atoms with E-state index in [0.29, 0.717) is 6.54 Å². The van der Waals surface area contributed by atoms with Crippen molar-refractivity contribution >= 4 is 11.6 Å². The second kappa shape index (κ2) is 5.24. The monoisotopic (exact) mass is 208 g/mol. The highest BCUT2D eigenvalue weighted by Crippen LogP contribution is 2.22. The first kappa shape index (κ1) is 11.4. The van der Waals surface area contributed by atoms with Gasteiger partial charge in [-0.3, -0.25) is 4.79 Å². The van der Waals surface area contributed by atoms with Crippen LogP contribution < -0.4 is 15.8 Å². The van der Waals surface area contributed by atoms with Gasteiger partial charge in [0.25, 0.3) is 0 Å². The van der Waals surface area contributed by atoms with Crippen LogP contribution in [0.5, 0.6) is 5.75 Å². The van der Waals surface area contributed by atoms with Crippen molar-refractivity contribution in [3.05, 3.63) is 24.3 Å². The average molecular weight is 208 g/mol. The number of hydrogen-bond acceptors (Lipinski definition) is 3. The van der Waals surface area contributed by atoms with Crippen molar-refractivity contribution in [2.75, 3.05) is 19.0 Å². The Hall–Kier alpha value is -1.71. The van der Waals surface area contributed by atoms with Crippen LogP contribution in [-0.2, 0) is 4.79 Å². The Morgan fingerprint density at radius 2 is 2.20 bits per heavy atom. The van der Waals surface area contributed by atoms with Gasteiger partial charge in [0, 0.05) is 6.54 Å². The maximum Gasteiger partial charge on any atom is 0.222 e. The highest BCUT2D eigenvalue weighted by molar-refractivity contribution is 5.77. The summed E-state index contributed by atoms with van der Waals surface area (Å²) in [7, 11) is 1.61. The Morgan fingerprint density at radius 3 is 2.80 bits per heavy atom. The lowest BCUT2D eigenvalue weighted by molar-refractivity contribution is -0.120. The molecule has 1 atom stereocenters. The second-order valence-electron chi connectivity index (χ2n) is 3.38. The summed E-state index contributed by atoms with van der Waals surface area (Å²) in [6, 6.07) is 7.55. The zero-order valence-corrected chi connectivity index (χ0v) is 8.99. The van der Waals surface area contributed by atoms with Gasteiger partial charge in [0.1, 0.15) is 5.75 Å². The highest BCUT2D eigenvalue weighted by atomic mass is 16.5. The molecular weight excluding hydrogens is 192 g/mol. The number of amides is 1. The first-order chi connectivity index (χ1) is 7.15. The number of rotatable bonds is 5. The molecule has 0 saturated carbocycles. The Bertz CT molecular complexity index is 339. The van der Waals surface area contributed by atoms with Gasteiger partial charge in [-0.25, -0.2) is 0 Å². The summed E-state index contributed by atoms with van der Waals surface area (Å²) in [5, 5.41) is 3.12. The van der Waals surface area contributed by atoms with E-state index in [1.165, 1.54) is 0 Å². The molecule has 0 aliphatic carbocycles. The van der Waals surface area contributed by atoms with Crippen molar-refractivity contribution in [2.45, 2.75) is 6.92 Å².